The number of aromatic nitrogens is 3. The van der Waals surface area contributed by atoms with Gasteiger partial charge in [-0.1, -0.05) is 30.0 Å². The smallest absolute Gasteiger partial charge is 0.261 e. The van der Waals surface area contributed by atoms with Gasteiger partial charge in [0.25, 0.3) is 11.8 Å². The van der Waals surface area contributed by atoms with E-state index in [0.29, 0.717) is 35.9 Å². The van der Waals surface area contributed by atoms with Gasteiger partial charge in [0.05, 0.1) is 11.1 Å². The third-order valence-electron chi connectivity index (χ3n) is 4.42. The minimum Gasteiger partial charge on any atom is -0.302 e. The van der Waals surface area contributed by atoms with Crippen LogP contribution in [-0.4, -0.2) is 43.8 Å². The number of rotatable bonds is 7. The number of hydrogen-bond donors (Lipinski definition) is 0. The quantitative estimate of drug-likeness (QED) is 0.434. The first-order valence-electron chi connectivity index (χ1n) is 8.32. The monoisotopic (exact) mass is 354 g/mol. The van der Waals surface area contributed by atoms with Gasteiger partial charge in [0.2, 0.25) is 0 Å². The average Bonchev–Trinajstić information content (AvgIpc) is 3.35. The van der Waals surface area contributed by atoms with Gasteiger partial charge in [0.15, 0.2) is 5.16 Å². The SMILES string of the molecule is C=CCn1c(SCCN2C(=O)c3ccccc3C2=O)nnc1C1CC1. The Kier molecular flexibility index (Phi) is 4.17. The summed E-state index contributed by atoms with van der Waals surface area (Å²) in [5, 5.41) is 9.40. The van der Waals surface area contributed by atoms with E-state index in [1.54, 1.807) is 24.3 Å². The largest absolute Gasteiger partial charge is 0.302 e. The van der Waals surface area contributed by atoms with Crippen LogP contribution in [0, 0.1) is 0 Å². The summed E-state index contributed by atoms with van der Waals surface area (Å²) >= 11 is 1.52. The van der Waals surface area contributed by atoms with Crippen molar-refractivity contribution in [2.75, 3.05) is 12.3 Å². The number of amides is 2. The van der Waals surface area contributed by atoms with E-state index in [1.165, 1.54) is 16.7 Å². The molecule has 0 radical (unpaired) electrons. The van der Waals surface area contributed by atoms with Gasteiger partial charge in [0.1, 0.15) is 5.82 Å². The number of carbonyl (C=O) groups excluding carboxylic acids is 2. The summed E-state index contributed by atoms with van der Waals surface area (Å²) in [5.41, 5.74) is 0.978. The van der Waals surface area contributed by atoms with E-state index in [-0.39, 0.29) is 11.8 Å². The van der Waals surface area contributed by atoms with E-state index >= 15 is 0 Å². The molecule has 2 amide bonds. The van der Waals surface area contributed by atoms with E-state index in [1.807, 2.05) is 6.08 Å². The average molecular weight is 354 g/mol. The van der Waals surface area contributed by atoms with Crippen molar-refractivity contribution in [1.29, 1.82) is 0 Å². The Balaban J connectivity index is 1.43. The van der Waals surface area contributed by atoms with Crippen LogP contribution in [0.25, 0.3) is 0 Å². The molecule has 4 rings (SSSR count). The first-order valence-corrected chi connectivity index (χ1v) is 9.31. The van der Waals surface area contributed by atoms with Gasteiger partial charge >= 0.3 is 0 Å². The van der Waals surface area contributed by atoms with E-state index < -0.39 is 0 Å². The second kappa shape index (κ2) is 6.48. The topological polar surface area (TPSA) is 68.1 Å². The van der Waals surface area contributed by atoms with Crippen LogP contribution < -0.4 is 0 Å². The molecule has 2 heterocycles. The van der Waals surface area contributed by atoms with Gasteiger partial charge in [-0.05, 0) is 25.0 Å². The number of hydrogen-bond acceptors (Lipinski definition) is 5. The summed E-state index contributed by atoms with van der Waals surface area (Å²) in [5.74, 6) is 1.69. The summed E-state index contributed by atoms with van der Waals surface area (Å²) in [7, 11) is 0. The number of carbonyl (C=O) groups is 2. The second-order valence-electron chi connectivity index (χ2n) is 6.17. The Labute approximate surface area is 149 Å². The van der Waals surface area contributed by atoms with Gasteiger partial charge in [-0.25, -0.2) is 0 Å². The lowest BCUT2D eigenvalue weighted by Crippen LogP contribution is -2.31. The third kappa shape index (κ3) is 2.89. The number of thioether (sulfide) groups is 1. The molecule has 25 heavy (non-hydrogen) atoms. The van der Waals surface area contributed by atoms with Gasteiger partial charge in [-0.15, -0.1) is 16.8 Å². The minimum absolute atomic E-state index is 0.215. The van der Waals surface area contributed by atoms with Crippen molar-refractivity contribution >= 4 is 23.6 Å². The molecule has 0 saturated heterocycles. The Morgan fingerprint density at radius 3 is 2.44 bits per heavy atom. The van der Waals surface area contributed by atoms with Crippen molar-refractivity contribution in [1.82, 2.24) is 19.7 Å². The van der Waals surface area contributed by atoms with Crippen molar-refractivity contribution in [3.05, 3.63) is 53.9 Å². The Hall–Kier alpha value is -2.41. The number of nitrogens with zero attached hydrogens (tertiary/aromatic N) is 4. The van der Waals surface area contributed by atoms with Gasteiger partial charge in [-0.2, -0.15) is 0 Å². The molecule has 1 aliphatic carbocycles. The number of fused-ring (bicyclic) bond motifs is 1. The van der Waals surface area contributed by atoms with Crippen LogP contribution in [0.4, 0.5) is 0 Å². The molecule has 1 fully saturated rings. The van der Waals surface area contributed by atoms with Gasteiger partial charge in [-0.3, -0.25) is 14.5 Å². The fourth-order valence-corrected chi connectivity index (χ4v) is 3.90. The standard InChI is InChI=1S/C18H18N4O2S/c1-2-9-21-15(12-7-8-12)19-20-18(21)25-11-10-22-16(23)13-5-3-4-6-14(13)17(22)24/h2-6,12H,1,7-11H2. The zero-order valence-electron chi connectivity index (χ0n) is 13.7. The van der Waals surface area contributed by atoms with Crippen molar-refractivity contribution in [3.8, 4) is 0 Å². The molecule has 0 atom stereocenters. The first kappa shape index (κ1) is 16.1. The van der Waals surface area contributed by atoms with Crippen LogP contribution in [-0.2, 0) is 6.54 Å². The minimum atomic E-state index is -0.215. The number of allylic oxidation sites excluding steroid dienone is 1. The fraction of sp³-hybridized carbons (Fsp3) is 0.333. The lowest BCUT2D eigenvalue weighted by atomic mass is 10.1. The molecule has 1 aromatic heterocycles. The predicted molar refractivity (Wildman–Crippen MR) is 94.7 cm³/mol. The lowest BCUT2D eigenvalue weighted by molar-refractivity contribution is 0.0664. The van der Waals surface area contributed by atoms with Crippen LogP contribution in [0.1, 0.15) is 45.3 Å². The van der Waals surface area contributed by atoms with E-state index in [9.17, 15) is 9.59 Å². The molecule has 2 aromatic rings. The molecule has 2 aliphatic rings. The van der Waals surface area contributed by atoms with Crippen LogP contribution >= 0.6 is 11.8 Å². The first-order chi connectivity index (χ1) is 12.2. The number of benzene rings is 1. The van der Waals surface area contributed by atoms with Crippen molar-refractivity contribution < 1.29 is 9.59 Å². The highest BCUT2D eigenvalue weighted by Gasteiger charge is 2.35. The zero-order chi connectivity index (χ0) is 17.4. The summed E-state index contributed by atoms with van der Waals surface area (Å²) in [6.07, 6.45) is 4.16. The molecule has 1 aliphatic heterocycles. The van der Waals surface area contributed by atoms with Crippen LogP contribution in [0.5, 0.6) is 0 Å². The fourth-order valence-electron chi connectivity index (χ4n) is 3.02. The van der Waals surface area contributed by atoms with Crippen LogP contribution in [0.2, 0.25) is 0 Å². The third-order valence-corrected chi connectivity index (χ3v) is 5.37. The van der Waals surface area contributed by atoms with Crippen LogP contribution in [0.3, 0.4) is 0 Å². The maximum Gasteiger partial charge on any atom is 0.261 e. The molecule has 0 N–H and O–H groups in total. The molecule has 1 aromatic carbocycles. The van der Waals surface area contributed by atoms with E-state index in [4.69, 9.17) is 0 Å². The molecular formula is C18H18N4O2S. The molecule has 6 nitrogen and oxygen atoms in total. The molecule has 1 saturated carbocycles. The van der Waals surface area contributed by atoms with Crippen molar-refractivity contribution in [2.45, 2.75) is 30.5 Å². The highest BCUT2D eigenvalue weighted by atomic mass is 32.2. The Morgan fingerprint density at radius 2 is 1.84 bits per heavy atom. The summed E-state index contributed by atoms with van der Waals surface area (Å²) in [6.45, 7) is 4.83. The van der Waals surface area contributed by atoms with Gasteiger partial charge in [0, 0.05) is 24.8 Å². The molecule has 7 heteroatoms. The molecule has 0 unspecified atom stereocenters. The maximum absolute atomic E-state index is 12.4. The normalized spacial score (nSPS) is 16.4. The highest BCUT2D eigenvalue weighted by Crippen LogP contribution is 2.40. The predicted octanol–water partition coefficient (Wildman–Crippen LogP) is 2.73. The Bertz CT molecular complexity index is 822. The molecule has 128 valence electrons. The van der Waals surface area contributed by atoms with Crippen molar-refractivity contribution in [2.24, 2.45) is 0 Å². The molecule has 0 bridgehead atoms. The summed E-state index contributed by atoms with van der Waals surface area (Å²) < 4.78 is 2.08. The van der Waals surface area contributed by atoms with Crippen LogP contribution in [0.15, 0.2) is 42.1 Å². The van der Waals surface area contributed by atoms with Gasteiger partial charge < -0.3 is 4.57 Å². The summed E-state index contributed by atoms with van der Waals surface area (Å²) in [6, 6.07) is 6.95. The maximum atomic E-state index is 12.4. The number of imide groups is 1. The van der Waals surface area contributed by atoms with E-state index in [0.717, 1.165) is 23.8 Å². The van der Waals surface area contributed by atoms with Crippen molar-refractivity contribution in [3.63, 3.8) is 0 Å². The van der Waals surface area contributed by atoms with E-state index in [2.05, 4.69) is 21.3 Å². The molecular weight excluding hydrogens is 336 g/mol. The molecule has 0 spiro atoms. The lowest BCUT2D eigenvalue weighted by Gasteiger charge is -2.13. The zero-order valence-corrected chi connectivity index (χ0v) is 14.5. The Morgan fingerprint density at radius 1 is 1.16 bits per heavy atom. The highest BCUT2D eigenvalue weighted by molar-refractivity contribution is 7.99. The second-order valence-corrected chi connectivity index (χ2v) is 7.23. The summed E-state index contributed by atoms with van der Waals surface area (Å²) in [4.78, 5) is 26.1.